The maximum atomic E-state index is 14.1. The number of morpholine rings is 1. The van der Waals surface area contributed by atoms with E-state index in [1.54, 1.807) is 12.0 Å². The molecule has 0 saturated carbocycles. The molecule has 4 saturated heterocycles. The molecule has 2 aromatic rings. The predicted molar refractivity (Wildman–Crippen MR) is 157 cm³/mol. The highest BCUT2D eigenvalue weighted by Crippen LogP contribution is 2.28. The Bertz CT molecular complexity index is 1380. The van der Waals surface area contributed by atoms with E-state index in [1.165, 1.54) is 6.07 Å². The Balaban J connectivity index is 1.26. The van der Waals surface area contributed by atoms with Crippen LogP contribution >= 0.6 is 0 Å². The van der Waals surface area contributed by atoms with Gasteiger partial charge < -0.3 is 34.6 Å². The molecule has 13 heteroatoms. The average molecular weight is 631 g/mol. The van der Waals surface area contributed by atoms with Crippen molar-refractivity contribution in [3.63, 3.8) is 0 Å². The maximum absolute atomic E-state index is 14.1. The third-order valence-electron chi connectivity index (χ3n) is 9.16. The molecule has 0 radical (unpaired) electrons. The molecule has 0 aromatic heterocycles. The minimum atomic E-state index is -1.29. The lowest BCUT2D eigenvalue weighted by atomic mass is 10.0. The first-order valence-corrected chi connectivity index (χ1v) is 15.4. The fraction of sp³-hybridized carbons (Fsp3) is 0.562. The minimum absolute atomic E-state index is 0.0450. The Labute approximate surface area is 260 Å². The summed E-state index contributed by atoms with van der Waals surface area (Å²) < 4.78 is 45.2. The smallest absolute Gasteiger partial charge is 0.240 e. The van der Waals surface area contributed by atoms with Gasteiger partial charge in [0.15, 0.2) is 11.6 Å². The number of fused-ring (bicyclic) bond motifs is 6. The zero-order valence-corrected chi connectivity index (χ0v) is 25.2. The number of carbonyl (C=O) groups is 2. The minimum Gasteiger partial charge on any atom is -0.497 e. The largest absolute Gasteiger partial charge is 0.497 e. The van der Waals surface area contributed by atoms with Crippen LogP contribution in [0.25, 0.3) is 0 Å². The van der Waals surface area contributed by atoms with E-state index < -0.39 is 48.2 Å². The number of hydrogen-bond donors (Lipinski definition) is 3. The molecule has 244 valence electrons. The molecule has 0 unspecified atom stereocenters. The van der Waals surface area contributed by atoms with Crippen LogP contribution in [-0.4, -0.2) is 126 Å². The monoisotopic (exact) mass is 630 g/mol. The summed E-state index contributed by atoms with van der Waals surface area (Å²) >= 11 is 0. The van der Waals surface area contributed by atoms with Crippen molar-refractivity contribution in [2.45, 2.75) is 68.5 Å². The summed E-state index contributed by atoms with van der Waals surface area (Å²) in [5.74, 6) is -1.60. The van der Waals surface area contributed by atoms with Crippen LogP contribution in [-0.2, 0) is 32.2 Å². The van der Waals surface area contributed by atoms with E-state index in [9.17, 15) is 28.6 Å². The van der Waals surface area contributed by atoms with Gasteiger partial charge in [-0.3, -0.25) is 19.4 Å². The van der Waals surface area contributed by atoms with Gasteiger partial charge in [-0.1, -0.05) is 18.2 Å². The van der Waals surface area contributed by atoms with E-state index in [0.717, 1.165) is 17.7 Å². The van der Waals surface area contributed by atoms with Crippen molar-refractivity contribution in [3.05, 3.63) is 65.2 Å². The van der Waals surface area contributed by atoms with Gasteiger partial charge in [-0.25, -0.2) is 8.78 Å². The van der Waals surface area contributed by atoms with Crippen molar-refractivity contribution in [1.82, 2.24) is 20.0 Å². The highest BCUT2D eigenvalue weighted by atomic mass is 19.2. The highest BCUT2D eigenvalue weighted by molar-refractivity contribution is 5.83. The molecule has 4 aliphatic heterocycles. The lowest BCUT2D eigenvalue weighted by molar-refractivity contribution is -0.145. The summed E-state index contributed by atoms with van der Waals surface area (Å²) in [7, 11) is 1.60. The Hall–Kier alpha value is -3.20. The fourth-order valence-corrected chi connectivity index (χ4v) is 6.94. The number of nitrogens with zero attached hydrogens (tertiary/aromatic N) is 3. The van der Waals surface area contributed by atoms with Crippen LogP contribution in [0.3, 0.4) is 0 Å². The summed E-state index contributed by atoms with van der Waals surface area (Å²) in [5, 5.41) is 24.7. The molecule has 6 bridgehead atoms. The van der Waals surface area contributed by atoms with Gasteiger partial charge in [0.1, 0.15) is 18.0 Å². The van der Waals surface area contributed by atoms with Crippen LogP contribution in [0.2, 0.25) is 0 Å². The molecule has 11 nitrogen and oxygen atoms in total. The number of hydrogen-bond acceptors (Lipinski definition) is 9. The van der Waals surface area contributed by atoms with E-state index in [-0.39, 0.29) is 37.4 Å². The molecule has 0 spiro atoms. The van der Waals surface area contributed by atoms with Gasteiger partial charge in [-0.05, 0) is 41.8 Å². The summed E-state index contributed by atoms with van der Waals surface area (Å²) in [6, 6.07) is 10.5. The normalized spacial score (nSPS) is 31.7. The summed E-state index contributed by atoms with van der Waals surface area (Å²) in [4.78, 5) is 33.0. The number of methoxy groups -OCH3 is 1. The Morgan fingerprint density at radius 1 is 0.956 bits per heavy atom. The van der Waals surface area contributed by atoms with Crippen LogP contribution in [0.5, 0.6) is 5.75 Å². The van der Waals surface area contributed by atoms with Gasteiger partial charge in [-0.15, -0.1) is 0 Å². The second-order valence-electron chi connectivity index (χ2n) is 12.4. The second-order valence-corrected chi connectivity index (χ2v) is 12.4. The van der Waals surface area contributed by atoms with Crippen LogP contribution in [0.1, 0.15) is 24.0 Å². The summed E-state index contributed by atoms with van der Waals surface area (Å²) in [5.41, 5.74) is 1.47. The number of aliphatic hydroxyl groups excluding tert-OH is 2. The first-order chi connectivity index (χ1) is 21.7. The van der Waals surface area contributed by atoms with Gasteiger partial charge in [0.25, 0.3) is 0 Å². The van der Waals surface area contributed by atoms with Crippen LogP contribution in [0.4, 0.5) is 8.78 Å². The Morgan fingerprint density at radius 3 is 2.56 bits per heavy atom. The third kappa shape index (κ3) is 7.29. The highest BCUT2D eigenvalue weighted by Gasteiger charge is 2.46. The molecule has 2 amide bonds. The van der Waals surface area contributed by atoms with Crippen LogP contribution in [0, 0.1) is 11.6 Å². The number of ether oxygens (including phenoxy) is 3. The van der Waals surface area contributed by atoms with Crippen molar-refractivity contribution >= 4 is 11.8 Å². The van der Waals surface area contributed by atoms with E-state index in [1.807, 2.05) is 29.2 Å². The Kier molecular flexibility index (Phi) is 9.64. The number of likely N-dealkylation sites (tertiary alicyclic amines) is 1. The number of nitrogens with one attached hydrogen (secondary N) is 1. The number of aliphatic hydroxyl groups is 2. The second kappa shape index (κ2) is 13.7. The molecule has 7 atom stereocenters. The van der Waals surface area contributed by atoms with Gasteiger partial charge in [0, 0.05) is 51.9 Å². The number of halogens is 2. The van der Waals surface area contributed by atoms with Crippen LogP contribution < -0.4 is 10.1 Å². The van der Waals surface area contributed by atoms with Crippen molar-refractivity contribution in [2.24, 2.45) is 0 Å². The van der Waals surface area contributed by atoms with Gasteiger partial charge >= 0.3 is 0 Å². The molecule has 6 rings (SSSR count). The van der Waals surface area contributed by atoms with Gasteiger partial charge in [-0.2, -0.15) is 0 Å². The molecule has 4 heterocycles. The van der Waals surface area contributed by atoms with Crippen molar-refractivity contribution < 1.29 is 42.8 Å². The van der Waals surface area contributed by atoms with E-state index in [2.05, 4.69) is 10.2 Å². The topological polar surface area (TPSA) is 124 Å². The molecular weight excluding hydrogens is 590 g/mol. The summed E-state index contributed by atoms with van der Waals surface area (Å²) in [6.45, 7) is 2.59. The number of carbonyl (C=O) groups excluding carboxylic acids is 2. The average Bonchev–Trinajstić information content (AvgIpc) is 3.53. The third-order valence-corrected chi connectivity index (χ3v) is 9.16. The molecular formula is C32H40F2N4O7. The molecule has 4 fully saturated rings. The lowest BCUT2D eigenvalue weighted by Crippen LogP contribution is -2.54. The summed E-state index contributed by atoms with van der Waals surface area (Å²) in [6.07, 6.45) is -4.47. The predicted octanol–water partition coefficient (Wildman–Crippen LogP) is 0.655. The molecule has 4 aliphatic rings. The number of benzene rings is 2. The lowest BCUT2D eigenvalue weighted by Gasteiger charge is -2.38. The molecule has 2 aromatic carbocycles. The van der Waals surface area contributed by atoms with E-state index in [0.29, 0.717) is 57.1 Å². The van der Waals surface area contributed by atoms with Gasteiger partial charge in [0.2, 0.25) is 11.8 Å². The maximum Gasteiger partial charge on any atom is 0.240 e. The van der Waals surface area contributed by atoms with Crippen LogP contribution in [0.15, 0.2) is 42.5 Å². The molecule has 45 heavy (non-hydrogen) atoms. The first kappa shape index (κ1) is 31.8. The van der Waals surface area contributed by atoms with E-state index in [4.69, 9.17) is 14.2 Å². The number of rotatable bonds is 5. The van der Waals surface area contributed by atoms with E-state index >= 15 is 0 Å². The van der Waals surface area contributed by atoms with Crippen molar-refractivity contribution in [2.75, 3.05) is 46.4 Å². The zero-order chi connectivity index (χ0) is 31.7. The number of amides is 2. The van der Waals surface area contributed by atoms with Crippen molar-refractivity contribution in [3.8, 4) is 5.75 Å². The Morgan fingerprint density at radius 2 is 1.76 bits per heavy atom. The van der Waals surface area contributed by atoms with Crippen molar-refractivity contribution in [1.29, 1.82) is 0 Å². The SMILES string of the molecule is COc1cccc(CN2C[C@@H]3C[C@H]2C(=O)N2CCO[C@H](CN(Cc4ccc(F)c(F)c4)C[C@H]4O[C@@H](CC(=O)N3)[C@H](O)[C@@H]4O)C2)c1. The molecule has 0 aliphatic carbocycles. The zero-order valence-electron chi connectivity index (χ0n) is 25.2. The van der Waals surface area contributed by atoms with Gasteiger partial charge in [0.05, 0.1) is 44.5 Å². The quantitative estimate of drug-likeness (QED) is 0.437. The standard InChI is InChI=1S/C32H40F2N4O7/c1-43-22-4-2-3-19(9-22)14-38-15-21-11-26(38)32(42)37-7-8-44-23(17-37)16-36(13-20-5-6-24(33)25(34)10-20)18-28-31(41)30(40)27(45-28)12-29(39)35-21/h2-6,9-10,21,23,26-28,30-31,40-41H,7-8,11-18H2,1H3,(H,35,39)/t21-,23+,26-,27-,28+,30-,31+/m0/s1. The first-order valence-electron chi connectivity index (χ1n) is 15.4. The fourth-order valence-electron chi connectivity index (χ4n) is 6.94. The molecule has 3 N–H and O–H groups in total.